The number of rotatable bonds is 3. The molecule has 0 N–H and O–H groups in total. The second kappa shape index (κ2) is 5.60. The van der Waals surface area contributed by atoms with Crippen molar-refractivity contribution in [3.05, 3.63) is 62.9 Å². The molecule has 4 heteroatoms. The van der Waals surface area contributed by atoms with Gasteiger partial charge in [-0.1, -0.05) is 23.7 Å². The number of nitrogens with zero attached hydrogens (tertiary/aromatic N) is 1. The van der Waals surface area contributed by atoms with E-state index in [4.69, 9.17) is 11.6 Å². The third kappa shape index (κ3) is 3.51. The van der Waals surface area contributed by atoms with Crippen molar-refractivity contribution < 1.29 is 9.36 Å². The van der Waals surface area contributed by atoms with Crippen molar-refractivity contribution >= 4 is 40.0 Å². The van der Waals surface area contributed by atoms with Crippen LogP contribution < -0.4 is 4.57 Å². The van der Waals surface area contributed by atoms with Crippen molar-refractivity contribution in [3.63, 3.8) is 0 Å². The van der Waals surface area contributed by atoms with E-state index in [9.17, 15) is 4.79 Å². The molecule has 0 unspecified atom stereocenters. The Morgan fingerprint density at radius 1 is 1.24 bits per heavy atom. The molecular weight excluding hydrogens is 349 g/mol. The third-order valence-corrected chi connectivity index (χ3v) is 3.26. The fourth-order valence-corrected chi connectivity index (χ4v) is 2.04. The van der Waals surface area contributed by atoms with Gasteiger partial charge < -0.3 is 0 Å². The standard InChI is InChI=1S/C13H10ClINO/c14-11-2-1-7-16(8-11)9-13(17)10-3-5-12(15)6-4-10/h1-8H,9H2/q+1. The van der Waals surface area contributed by atoms with Crippen LogP contribution in [0.2, 0.25) is 5.02 Å². The van der Waals surface area contributed by atoms with Gasteiger partial charge >= 0.3 is 0 Å². The quantitative estimate of drug-likeness (QED) is 0.469. The molecule has 1 heterocycles. The predicted octanol–water partition coefficient (Wildman–Crippen LogP) is 3.12. The van der Waals surface area contributed by atoms with Crippen LogP contribution >= 0.6 is 34.2 Å². The monoisotopic (exact) mass is 358 g/mol. The fraction of sp³-hybridized carbons (Fsp3) is 0.0769. The van der Waals surface area contributed by atoms with Gasteiger partial charge in [-0.15, -0.1) is 0 Å². The molecule has 0 saturated heterocycles. The van der Waals surface area contributed by atoms with Gasteiger partial charge in [0.25, 0.3) is 0 Å². The van der Waals surface area contributed by atoms with Crippen LogP contribution in [0, 0.1) is 3.57 Å². The normalized spacial score (nSPS) is 10.2. The van der Waals surface area contributed by atoms with E-state index in [1.165, 1.54) is 0 Å². The number of carbonyl (C=O) groups excluding carboxylic acids is 1. The average Bonchev–Trinajstić information content (AvgIpc) is 2.29. The molecule has 17 heavy (non-hydrogen) atoms. The molecule has 0 bridgehead atoms. The number of ketones is 1. The lowest BCUT2D eigenvalue weighted by atomic mass is 10.1. The maximum Gasteiger partial charge on any atom is 0.227 e. The Balaban J connectivity index is 2.14. The first-order valence-corrected chi connectivity index (χ1v) is 6.54. The van der Waals surface area contributed by atoms with Crippen LogP contribution in [0.4, 0.5) is 0 Å². The zero-order chi connectivity index (χ0) is 12.3. The number of hydrogen-bond donors (Lipinski definition) is 0. The van der Waals surface area contributed by atoms with E-state index in [0.29, 0.717) is 11.6 Å². The number of pyridine rings is 1. The lowest BCUT2D eigenvalue weighted by Crippen LogP contribution is -2.37. The Labute approximate surface area is 118 Å². The number of hydrogen-bond acceptors (Lipinski definition) is 1. The first kappa shape index (κ1) is 12.5. The highest BCUT2D eigenvalue weighted by molar-refractivity contribution is 14.1. The van der Waals surface area contributed by atoms with Crippen LogP contribution in [0.25, 0.3) is 0 Å². The second-order valence-corrected chi connectivity index (χ2v) is 5.31. The first-order valence-electron chi connectivity index (χ1n) is 5.08. The summed E-state index contributed by atoms with van der Waals surface area (Å²) >= 11 is 8.08. The molecule has 1 aromatic heterocycles. The van der Waals surface area contributed by atoms with Crippen molar-refractivity contribution in [2.24, 2.45) is 0 Å². The highest BCUT2D eigenvalue weighted by atomic mass is 127. The molecule has 0 aliphatic carbocycles. The van der Waals surface area contributed by atoms with E-state index in [-0.39, 0.29) is 5.78 Å². The number of aromatic nitrogens is 1. The zero-order valence-corrected chi connectivity index (χ0v) is 11.9. The molecular formula is C13H10ClINO+. The molecule has 2 nitrogen and oxygen atoms in total. The number of halogens is 2. The van der Waals surface area contributed by atoms with Crippen molar-refractivity contribution in [1.29, 1.82) is 0 Å². The Morgan fingerprint density at radius 2 is 1.94 bits per heavy atom. The summed E-state index contributed by atoms with van der Waals surface area (Å²) in [5, 5.41) is 0.628. The maximum absolute atomic E-state index is 12.0. The molecule has 0 saturated carbocycles. The van der Waals surface area contributed by atoms with E-state index in [2.05, 4.69) is 22.6 Å². The summed E-state index contributed by atoms with van der Waals surface area (Å²) in [6.45, 7) is 0.307. The van der Waals surface area contributed by atoms with E-state index >= 15 is 0 Å². The second-order valence-electron chi connectivity index (χ2n) is 3.62. The summed E-state index contributed by atoms with van der Waals surface area (Å²) in [6, 6.07) is 11.1. The van der Waals surface area contributed by atoms with Gasteiger partial charge in [0.05, 0.1) is 0 Å². The van der Waals surface area contributed by atoms with Gasteiger partial charge in [-0.2, -0.15) is 4.57 Å². The van der Waals surface area contributed by atoms with Crippen molar-refractivity contribution in [1.82, 2.24) is 0 Å². The van der Waals surface area contributed by atoms with Gasteiger partial charge in [0.1, 0.15) is 5.02 Å². The van der Waals surface area contributed by atoms with Crippen molar-refractivity contribution in [2.45, 2.75) is 6.54 Å². The highest BCUT2D eigenvalue weighted by Gasteiger charge is 2.11. The van der Waals surface area contributed by atoms with Crippen molar-refractivity contribution in [2.75, 3.05) is 0 Å². The number of carbonyl (C=O) groups is 1. The third-order valence-electron chi connectivity index (χ3n) is 2.31. The largest absolute Gasteiger partial charge is 0.287 e. The molecule has 0 amide bonds. The summed E-state index contributed by atoms with van der Waals surface area (Å²) < 4.78 is 2.90. The van der Waals surface area contributed by atoms with Crippen molar-refractivity contribution in [3.8, 4) is 0 Å². The lowest BCUT2D eigenvalue weighted by molar-refractivity contribution is -0.683. The molecule has 0 spiro atoms. The average molecular weight is 359 g/mol. The molecule has 2 rings (SSSR count). The topological polar surface area (TPSA) is 20.9 Å². The Kier molecular flexibility index (Phi) is 4.12. The first-order chi connectivity index (χ1) is 8.15. The van der Waals surface area contributed by atoms with Crippen LogP contribution in [0.5, 0.6) is 0 Å². The molecule has 0 aliphatic heterocycles. The van der Waals surface area contributed by atoms with E-state index in [1.807, 2.05) is 36.5 Å². The molecule has 0 atom stereocenters. The Bertz CT molecular complexity index is 539. The Morgan fingerprint density at radius 3 is 2.59 bits per heavy atom. The molecule has 86 valence electrons. The van der Waals surface area contributed by atoms with Crippen LogP contribution in [0.3, 0.4) is 0 Å². The molecule has 0 aliphatic rings. The van der Waals surface area contributed by atoms with Gasteiger partial charge in [0, 0.05) is 15.2 Å². The smallest absolute Gasteiger partial charge is 0.227 e. The summed E-state index contributed by atoms with van der Waals surface area (Å²) in [4.78, 5) is 12.0. The zero-order valence-electron chi connectivity index (χ0n) is 8.94. The fourth-order valence-electron chi connectivity index (χ4n) is 1.48. The number of Topliss-reactive ketones (excluding diaryl/α,β-unsaturated/α-hetero) is 1. The Hall–Kier alpha value is -0.940. The van der Waals surface area contributed by atoms with Gasteiger partial charge in [-0.3, -0.25) is 4.79 Å². The summed E-state index contributed by atoms with van der Waals surface area (Å²) in [6.07, 6.45) is 3.57. The van der Waals surface area contributed by atoms with Gasteiger partial charge in [0.15, 0.2) is 12.4 Å². The van der Waals surface area contributed by atoms with Crippen LogP contribution in [0.1, 0.15) is 10.4 Å². The molecule has 1 aromatic carbocycles. The predicted molar refractivity (Wildman–Crippen MR) is 75.1 cm³/mol. The van der Waals surface area contributed by atoms with E-state index in [0.717, 1.165) is 9.13 Å². The SMILES string of the molecule is O=C(C[n+]1cccc(Cl)c1)c1ccc(I)cc1. The lowest BCUT2D eigenvalue weighted by Gasteiger charge is -1.98. The van der Waals surface area contributed by atoms with Gasteiger partial charge in [-0.25, -0.2) is 0 Å². The van der Waals surface area contributed by atoms with Crippen LogP contribution in [-0.2, 0) is 6.54 Å². The van der Waals surface area contributed by atoms with E-state index < -0.39 is 0 Å². The highest BCUT2D eigenvalue weighted by Crippen LogP contribution is 2.08. The van der Waals surface area contributed by atoms with Crippen LogP contribution in [0.15, 0.2) is 48.8 Å². The van der Waals surface area contributed by atoms with Gasteiger partial charge in [-0.05, 0) is 40.8 Å². The van der Waals surface area contributed by atoms with Crippen LogP contribution in [-0.4, -0.2) is 5.78 Å². The summed E-state index contributed by atoms with van der Waals surface area (Å²) in [5.74, 6) is 0.0775. The minimum atomic E-state index is 0.0775. The molecule has 0 fully saturated rings. The summed E-state index contributed by atoms with van der Waals surface area (Å²) in [5.41, 5.74) is 0.720. The molecule has 2 aromatic rings. The number of benzene rings is 1. The maximum atomic E-state index is 12.0. The minimum absolute atomic E-state index is 0.0775. The van der Waals surface area contributed by atoms with E-state index in [1.54, 1.807) is 16.8 Å². The van der Waals surface area contributed by atoms with Gasteiger partial charge in [0.2, 0.25) is 12.3 Å². The molecule has 0 radical (unpaired) electrons. The summed E-state index contributed by atoms with van der Waals surface area (Å²) in [7, 11) is 0. The minimum Gasteiger partial charge on any atom is -0.287 e.